The van der Waals surface area contributed by atoms with Crippen molar-refractivity contribution in [3.05, 3.63) is 65.9 Å². The summed E-state index contributed by atoms with van der Waals surface area (Å²) in [7, 11) is 0. The number of nitrogen functional groups attached to an aromatic ring is 1. The molecule has 7 N–H and O–H groups in total. The van der Waals surface area contributed by atoms with Gasteiger partial charge in [-0.3, -0.25) is 4.79 Å². The Hall–Kier alpha value is -3.98. The van der Waals surface area contributed by atoms with Crippen molar-refractivity contribution in [3.63, 3.8) is 0 Å². The molecule has 2 aromatic heterocycles. The second-order valence-corrected chi connectivity index (χ2v) is 9.29. The summed E-state index contributed by atoms with van der Waals surface area (Å²) in [5.74, 6) is 0.986. The van der Waals surface area contributed by atoms with Crippen molar-refractivity contribution >= 4 is 17.8 Å². The Bertz CT molecular complexity index is 1210. The fourth-order valence-corrected chi connectivity index (χ4v) is 4.58. The predicted octanol–water partition coefficient (Wildman–Crippen LogP) is 3.66. The number of carbonyl (C=O) groups is 2. The molecule has 0 bridgehead atoms. The Balaban J connectivity index is 1.50. The van der Waals surface area contributed by atoms with Crippen LogP contribution < -0.4 is 22.1 Å². The fourth-order valence-electron chi connectivity index (χ4n) is 4.58. The van der Waals surface area contributed by atoms with Crippen molar-refractivity contribution < 1.29 is 14.7 Å². The quantitative estimate of drug-likeness (QED) is 0.324. The van der Waals surface area contributed by atoms with E-state index in [2.05, 4.69) is 15.6 Å². The normalized spacial score (nSPS) is 17.4. The molecule has 9 nitrogen and oxygen atoms in total. The molecule has 0 atom stereocenters. The molecule has 3 aromatic rings. The zero-order valence-corrected chi connectivity index (χ0v) is 20.1. The smallest absolute Gasteiger partial charge is 0.404 e. The summed E-state index contributed by atoms with van der Waals surface area (Å²) in [5.41, 5.74) is 16.0. The van der Waals surface area contributed by atoms with Gasteiger partial charge in [0.2, 0.25) is 0 Å². The van der Waals surface area contributed by atoms with Gasteiger partial charge in [-0.25, -0.2) is 14.8 Å². The first-order chi connectivity index (χ1) is 17.4. The summed E-state index contributed by atoms with van der Waals surface area (Å²) in [5, 5.41) is 14.4. The van der Waals surface area contributed by atoms with E-state index in [1.807, 2.05) is 30.3 Å². The molecule has 0 radical (unpaired) electrons. The molecule has 1 saturated carbocycles. The number of nitrogens with zero attached hydrogens (tertiary/aromatic N) is 2. The van der Waals surface area contributed by atoms with Gasteiger partial charge >= 0.3 is 6.09 Å². The maximum atomic E-state index is 13.2. The van der Waals surface area contributed by atoms with Gasteiger partial charge in [0.05, 0.1) is 11.4 Å². The third kappa shape index (κ3) is 6.57. The number of nitrogens with two attached hydrogens (primary N) is 2. The number of rotatable bonds is 8. The lowest BCUT2D eigenvalue weighted by Gasteiger charge is -2.28. The van der Waals surface area contributed by atoms with Crippen LogP contribution in [0.1, 0.15) is 41.6 Å². The third-order valence-electron chi connectivity index (χ3n) is 6.69. The average molecular weight is 489 g/mol. The third-order valence-corrected chi connectivity index (χ3v) is 6.69. The standard InChI is InChI=1S/C27H32N6O3/c28-13-19-2-1-3-20(10-19)23-11-22(12-24(33-23)21-8-9-25(29)30-16-21)26(34)31-14-17-4-6-18(7-5-17)15-32-27(35)36/h1-3,8-12,16-18,32H,4-7,13-15,28H2,(H2,29,30)(H,31,34)(H,35,36). The number of benzene rings is 1. The maximum absolute atomic E-state index is 13.2. The zero-order chi connectivity index (χ0) is 25.5. The van der Waals surface area contributed by atoms with Crippen molar-refractivity contribution in [3.8, 4) is 22.5 Å². The molecule has 1 fully saturated rings. The summed E-state index contributed by atoms with van der Waals surface area (Å²) < 4.78 is 0. The molecule has 188 valence electrons. The van der Waals surface area contributed by atoms with Gasteiger partial charge in [-0.05, 0) is 73.4 Å². The summed E-state index contributed by atoms with van der Waals surface area (Å²) >= 11 is 0. The second-order valence-electron chi connectivity index (χ2n) is 9.29. The van der Waals surface area contributed by atoms with Crippen molar-refractivity contribution in [2.75, 3.05) is 18.8 Å². The maximum Gasteiger partial charge on any atom is 0.404 e. The second kappa shape index (κ2) is 11.6. The molecular weight excluding hydrogens is 456 g/mol. The summed E-state index contributed by atoms with van der Waals surface area (Å²) in [6, 6.07) is 14.9. The minimum atomic E-state index is -0.981. The highest BCUT2D eigenvalue weighted by atomic mass is 16.4. The van der Waals surface area contributed by atoms with Gasteiger partial charge in [-0.15, -0.1) is 0 Å². The number of aromatic nitrogens is 2. The Morgan fingerprint density at radius 2 is 1.58 bits per heavy atom. The largest absolute Gasteiger partial charge is 0.465 e. The van der Waals surface area contributed by atoms with Gasteiger partial charge in [0.15, 0.2) is 0 Å². The number of amides is 2. The highest BCUT2D eigenvalue weighted by molar-refractivity contribution is 5.96. The van der Waals surface area contributed by atoms with Crippen LogP contribution >= 0.6 is 0 Å². The Morgan fingerprint density at radius 1 is 0.917 bits per heavy atom. The molecule has 1 aliphatic carbocycles. The van der Waals surface area contributed by atoms with Crippen LogP contribution in [0, 0.1) is 11.8 Å². The zero-order valence-electron chi connectivity index (χ0n) is 20.1. The first-order valence-corrected chi connectivity index (χ1v) is 12.2. The number of carboxylic acid groups (broad SMARTS) is 1. The lowest BCUT2D eigenvalue weighted by Crippen LogP contribution is -2.34. The molecule has 36 heavy (non-hydrogen) atoms. The Kier molecular flexibility index (Phi) is 8.12. The van der Waals surface area contributed by atoms with E-state index >= 15 is 0 Å². The van der Waals surface area contributed by atoms with Crippen LogP contribution in [0.4, 0.5) is 10.6 Å². The van der Waals surface area contributed by atoms with E-state index in [9.17, 15) is 9.59 Å². The van der Waals surface area contributed by atoms with Crippen molar-refractivity contribution in [2.45, 2.75) is 32.2 Å². The summed E-state index contributed by atoms with van der Waals surface area (Å²) in [6.45, 7) is 1.48. The molecule has 0 aliphatic heterocycles. The van der Waals surface area contributed by atoms with Crippen molar-refractivity contribution in [1.29, 1.82) is 0 Å². The molecule has 1 aliphatic rings. The van der Waals surface area contributed by atoms with Crippen LogP contribution in [0.2, 0.25) is 0 Å². The lowest BCUT2D eigenvalue weighted by molar-refractivity contribution is 0.0941. The van der Waals surface area contributed by atoms with E-state index < -0.39 is 6.09 Å². The first-order valence-electron chi connectivity index (χ1n) is 12.2. The van der Waals surface area contributed by atoms with E-state index in [0.717, 1.165) is 42.4 Å². The minimum absolute atomic E-state index is 0.159. The van der Waals surface area contributed by atoms with Crippen LogP contribution in [0.25, 0.3) is 22.5 Å². The highest BCUT2D eigenvalue weighted by Gasteiger charge is 2.22. The Morgan fingerprint density at radius 3 is 2.19 bits per heavy atom. The van der Waals surface area contributed by atoms with Crippen LogP contribution in [-0.2, 0) is 6.54 Å². The molecule has 0 unspecified atom stereocenters. The monoisotopic (exact) mass is 488 g/mol. The van der Waals surface area contributed by atoms with Gasteiger partial charge in [-0.1, -0.05) is 18.2 Å². The predicted molar refractivity (Wildman–Crippen MR) is 139 cm³/mol. The molecular formula is C27H32N6O3. The number of pyridine rings is 2. The van der Waals surface area contributed by atoms with Crippen molar-refractivity contribution in [1.82, 2.24) is 20.6 Å². The summed E-state index contributed by atoms with van der Waals surface area (Å²) in [6.07, 6.45) is 4.49. The number of hydrogen-bond acceptors (Lipinski definition) is 6. The van der Waals surface area contributed by atoms with E-state index in [4.69, 9.17) is 21.6 Å². The van der Waals surface area contributed by atoms with Gasteiger partial charge in [0.25, 0.3) is 5.91 Å². The fraction of sp³-hybridized carbons (Fsp3) is 0.333. The minimum Gasteiger partial charge on any atom is -0.465 e. The molecule has 0 saturated heterocycles. The number of carbonyl (C=O) groups excluding carboxylic acids is 1. The van der Waals surface area contributed by atoms with Gasteiger partial charge < -0.3 is 27.2 Å². The Labute approximate surface area is 210 Å². The van der Waals surface area contributed by atoms with Crippen LogP contribution in [0.5, 0.6) is 0 Å². The number of nitrogens with one attached hydrogen (secondary N) is 2. The van der Waals surface area contributed by atoms with Crippen LogP contribution in [-0.4, -0.2) is 40.2 Å². The van der Waals surface area contributed by atoms with Crippen molar-refractivity contribution in [2.24, 2.45) is 17.6 Å². The van der Waals surface area contributed by atoms with E-state index in [0.29, 0.717) is 54.2 Å². The molecule has 2 amide bonds. The number of hydrogen-bond donors (Lipinski definition) is 5. The van der Waals surface area contributed by atoms with Gasteiger partial charge in [-0.2, -0.15) is 0 Å². The lowest BCUT2D eigenvalue weighted by atomic mass is 9.82. The number of anilines is 1. The molecule has 1 aromatic carbocycles. The van der Waals surface area contributed by atoms with Gasteiger partial charge in [0, 0.05) is 42.5 Å². The van der Waals surface area contributed by atoms with Crippen LogP contribution in [0.3, 0.4) is 0 Å². The molecule has 4 rings (SSSR count). The average Bonchev–Trinajstić information content (AvgIpc) is 2.91. The molecule has 2 heterocycles. The topological polar surface area (TPSA) is 156 Å². The van der Waals surface area contributed by atoms with E-state index in [1.165, 1.54) is 0 Å². The SMILES string of the molecule is NCc1cccc(-c2cc(C(=O)NCC3CCC(CNC(=O)O)CC3)cc(-c3ccc(N)nc3)n2)c1. The molecule has 0 spiro atoms. The first kappa shape index (κ1) is 25.1. The molecule has 9 heteroatoms. The highest BCUT2D eigenvalue weighted by Crippen LogP contribution is 2.29. The van der Waals surface area contributed by atoms with Gasteiger partial charge in [0.1, 0.15) is 5.82 Å². The summed E-state index contributed by atoms with van der Waals surface area (Å²) in [4.78, 5) is 32.9. The van der Waals surface area contributed by atoms with Crippen LogP contribution in [0.15, 0.2) is 54.7 Å². The van der Waals surface area contributed by atoms with E-state index in [1.54, 1.807) is 24.4 Å². The van der Waals surface area contributed by atoms with E-state index in [-0.39, 0.29) is 5.91 Å².